The number of hydrogen-bond donors (Lipinski definition) is 1. The average molecular weight is 224 g/mol. The highest BCUT2D eigenvalue weighted by atomic mass is 16.5. The highest BCUT2D eigenvalue weighted by Crippen LogP contribution is 2.19. The lowest BCUT2D eigenvalue weighted by Gasteiger charge is -2.23. The average Bonchev–Trinajstić information content (AvgIpc) is 2.29. The van der Waals surface area contributed by atoms with Crippen LogP contribution in [0.4, 0.5) is 5.69 Å². The van der Waals surface area contributed by atoms with Crippen LogP contribution in [-0.2, 0) is 4.74 Å². The van der Waals surface area contributed by atoms with Crippen LogP contribution in [0, 0.1) is 0 Å². The van der Waals surface area contributed by atoms with Gasteiger partial charge in [0.05, 0.1) is 13.7 Å². The van der Waals surface area contributed by atoms with Gasteiger partial charge in [0.15, 0.2) is 0 Å². The van der Waals surface area contributed by atoms with E-state index in [0.717, 1.165) is 18.0 Å². The minimum absolute atomic E-state index is 0.0150. The van der Waals surface area contributed by atoms with Gasteiger partial charge < -0.3 is 20.1 Å². The summed E-state index contributed by atoms with van der Waals surface area (Å²) >= 11 is 0. The van der Waals surface area contributed by atoms with Gasteiger partial charge in [0.2, 0.25) is 0 Å². The van der Waals surface area contributed by atoms with Crippen molar-refractivity contribution in [3.05, 3.63) is 24.3 Å². The zero-order valence-electron chi connectivity index (χ0n) is 10.1. The molecule has 0 aliphatic heterocycles. The van der Waals surface area contributed by atoms with Crippen molar-refractivity contribution in [2.24, 2.45) is 5.73 Å². The standard InChI is InChI=1S/C12H20N2O2/c1-14(8-10(13)9-15-2)11-5-4-6-12(7-11)16-3/h4-7,10H,8-9,13H2,1-3H3. The molecule has 0 aliphatic rings. The van der Waals surface area contributed by atoms with E-state index in [9.17, 15) is 0 Å². The largest absolute Gasteiger partial charge is 0.497 e. The molecule has 0 aliphatic carbocycles. The van der Waals surface area contributed by atoms with Crippen molar-refractivity contribution in [3.8, 4) is 5.75 Å². The molecule has 4 heteroatoms. The molecule has 0 fully saturated rings. The lowest BCUT2D eigenvalue weighted by Crippen LogP contribution is -2.38. The second-order valence-corrected chi connectivity index (χ2v) is 3.80. The fourth-order valence-electron chi connectivity index (χ4n) is 1.57. The number of nitrogens with zero attached hydrogens (tertiary/aromatic N) is 1. The molecule has 0 saturated carbocycles. The van der Waals surface area contributed by atoms with Gasteiger partial charge in [-0.2, -0.15) is 0 Å². The Bertz CT molecular complexity index is 318. The van der Waals surface area contributed by atoms with E-state index in [1.807, 2.05) is 31.3 Å². The highest BCUT2D eigenvalue weighted by molar-refractivity contribution is 5.50. The second kappa shape index (κ2) is 6.35. The molecule has 1 aromatic carbocycles. The summed E-state index contributed by atoms with van der Waals surface area (Å²) in [6.45, 7) is 1.31. The van der Waals surface area contributed by atoms with Crippen LogP contribution in [0.1, 0.15) is 0 Å². The smallest absolute Gasteiger partial charge is 0.120 e. The van der Waals surface area contributed by atoms with Crippen LogP contribution in [-0.4, -0.2) is 40.5 Å². The first kappa shape index (κ1) is 12.8. The van der Waals surface area contributed by atoms with Crippen LogP contribution in [0.25, 0.3) is 0 Å². The summed E-state index contributed by atoms with van der Waals surface area (Å²) in [5.74, 6) is 0.852. The van der Waals surface area contributed by atoms with Gasteiger partial charge in [0, 0.05) is 38.5 Å². The quantitative estimate of drug-likeness (QED) is 0.786. The van der Waals surface area contributed by atoms with Crippen LogP contribution < -0.4 is 15.4 Å². The first-order valence-electron chi connectivity index (χ1n) is 5.27. The van der Waals surface area contributed by atoms with Crippen molar-refractivity contribution in [3.63, 3.8) is 0 Å². The fourth-order valence-corrected chi connectivity index (χ4v) is 1.57. The molecule has 1 rings (SSSR count). The van der Waals surface area contributed by atoms with E-state index in [2.05, 4.69) is 4.90 Å². The van der Waals surface area contributed by atoms with Gasteiger partial charge in [-0.3, -0.25) is 0 Å². The molecular formula is C12H20N2O2. The van der Waals surface area contributed by atoms with E-state index in [0.29, 0.717) is 6.61 Å². The number of nitrogens with two attached hydrogens (primary N) is 1. The Morgan fingerprint density at radius 2 is 2.12 bits per heavy atom. The maximum atomic E-state index is 5.90. The highest BCUT2D eigenvalue weighted by Gasteiger charge is 2.07. The Kier molecular flexibility index (Phi) is 5.08. The van der Waals surface area contributed by atoms with Gasteiger partial charge >= 0.3 is 0 Å². The van der Waals surface area contributed by atoms with E-state index in [1.54, 1.807) is 14.2 Å². The number of likely N-dealkylation sites (N-methyl/N-ethyl adjacent to an activating group) is 1. The summed E-state index contributed by atoms with van der Waals surface area (Å²) in [7, 11) is 5.32. The summed E-state index contributed by atoms with van der Waals surface area (Å²) in [4.78, 5) is 2.09. The third kappa shape index (κ3) is 3.72. The van der Waals surface area contributed by atoms with E-state index >= 15 is 0 Å². The molecule has 0 amide bonds. The van der Waals surface area contributed by atoms with Crippen molar-refractivity contribution in [2.45, 2.75) is 6.04 Å². The molecular weight excluding hydrogens is 204 g/mol. The Balaban J connectivity index is 2.61. The molecule has 1 unspecified atom stereocenters. The molecule has 1 aromatic rings. The van der Waals surface area contributed by atoms with Crippen LogP contribution in [0.15, 0.2) is 24.3 Å². The zero-order chi connectivity index (χ0) is 12.0. The predicted molar refractivity (Wildman–Crippen MR) is 66.1 cm³/mol. The third-order valence-electron chi connectivity index (χ3n) is 2.38. The Morgan fingerprint density at radius 3 is 2.75 bits per heavy atom. The number of methoxy groups -OCH3 is 2. The summed E-state index contributed by atoms with van der Waals surface area (Å²) in [5, 5.41) is 0. The first-order chi connectivity index (χ1) is 7.67. The fraction of sp³-hybridized carbons (Fsp3) is 0.500. The van der Waals surface area contributed by atoms with Gasteiger partial charge in [-0.05, 0) is 12.1 Å². The van der Waals surface area contributed by atoms with Crippen LogP contribution in [0.5, 0.6) is 5.75 Å². The number of benzene rings is 1. The molecule has 0 radical (unpaired) electrons. The monoisotopic (exact) mass is 224 g/mol. The molecule has 1 atom stereocenters. The molecule has 0 aromatic heterocycles. The number of anilines is 1. The van der Waals surface area contributed by atoms with Crippen LogP contribution in [0.3, 0.4) is 0 Å². The molecule has 4 nitrogen and oxygen atoms in total. The Morgan fingerprint density at radius 1 is 1.38 bits per heavy atom. The molecule has 90 valence electrons. The van der Waals surface area contributed by atoms with Crippen molar-refractivity contribution >= 4 is 5.69 Å². The third-order valence-corrected chi connectivity index (χ3v) is 2.38. The first-order valence-corrected chi connectivity index (χ1v) is 5.27. The van der Waals surface area contributed by atoms with Crippen LogP contribution >= 0.6 is 0 Å². The van der Waals surface area contributed by atoms with Gasteiger partial charge in [-0.1, -0.05) is 6.07 Å². The van der Waals surface area contributed by atoms with Crippen LogP contribution in [0.2, 0.25) is 0 Å². The second-order valence-electron chi connectivity index (χ2n) is 3.80. The van der Waals surface area contributed by atoms with Crippen molar-refractivity contribution in [2.75, 3.05) is 39.3 Å². The minimum Gasteiger partial charge on any atom is -0.497 e. The Hall–Kier alpha value is -1.26. The molecule has 2 N–H and O–H groups in total. The topological polar surface area (TPSA) is 47.7 Å². The van der Waals surface area contributed by atoms with Crippen molar-refractivity contribution in [1.29, 1.82) is 0 Å². The van der Waals surface area contributed by atoms with Gasteiger partial charge in [-0.15, -0.1) is 0 Å². The number of rotatable bonds is 6. The maximum absolute atomic E-state index is 5.90. The predicted octanol–water partition coefficient (Wildman–Crippen LogP) is 1.11. The lowest BCUT2D eigenvalue weighted by molar-refractivity contribution is 0.181. The van der Waals surface area contributed by atoms with E-state index in [-0.39, 0.29) is 6.04 Å². The molecule has 16 heavy (non-hydrogen) atoms. The van der Waals surface area contributed by atoms with E-state index in [1.165, 1.54) is 0 Å². The minimum atomic E-state index is 0.0150. The summed E-state index contributed by atoms with van der Waals surface area (Å²) in [6.07, 6.45) is 0. The van der Waals surface area contributed by atoms with Crippen molar-refractivity contribution < 1.29 is 9.47 Å². The lowest BCUT2D eigenvalue weighted by atomic mass is 10.2. The number of ether oxygens (including phenoxy) is 2. The Labute approximate surface area is 96.9 Å². The SMILES string of the molecule is COCC(N)CN(C)c1cccc(OC)c1. The number of hydrogen-bond acceptors (Lipinski definition) is 4. The van der Waals surface area contributed by atoms with Crippen molar-refractivity contribution in [1.82, 2.24) is 0 Å². The maximum Gasteiger partial charge on any atom is 0.120 e. The zero-order valence-corrected chi connectivity index (χ0v) is 10.1. The molecule has 0 heterocycles. The van der Waals surface area contributed by atoms with E-state index in [4.69, 9.17) is 15.2 Å². The van der Waals surface area contributed by atoms with Gasteiger partial charge in [0.1, 0.15) is 5.75 Å². The summed E-state index contributed by atoms with van der Waals surface area (Å²) < 4.78 is 10.2. The molecule has 0 bridgehead atoms. The molecule has 0 saturated heterocycles. The van der Waals surface area contributed by atoms with E-state index < -0.39 is 0 Å². The normalized spacial score (nSPS) is 12.2. The van der Waals surface area contributed by atoms with Gasteiger partial charge in [0.25, 0.3) is 0 Å². The van der Waals surface area contributed by atoms with Gasteiger partial charge in [-0.25, -0.2) is 0 Å². The summed E-state index contributed by atoms with van der Waals surface area (Å²) in [5.41, 5.74) is 6.98. The summed E-state index contributed by atoms with van der Waals surface area (Å²) in [6, 6.07) is 7.92. The molecule has 0 spiro atoms.